The summed E-state index contributed by atoms with van der Waals surface area (Å²) in [7, 11) is 3.44. The largest absolute Gasteiger partial charge is 0.495 e. The summed E-state index contributed by atoms with van der Waals surface area (Å²) in [6.45, 7) is 0.621. The smallest absolute Gasteiger partial charge is 0.233 e. The lowest BCUT2D eigenvalue weighted by atomic mass is 10.3. The van der Waals surface area contributed by atoms with Crippen molar-refractivity contribution in [1.29, 1.82) is 0 Å². The van der Waals surface area contributed by atoms with Crippen LogP contribution in [0.2, 0.25) is 0 Å². The fraction of sp³-hybridized carbons (Fsp3) is 0.235. The van der Waals surface area contributed by atoms with E-state index < -0.39 is 0 Å². The van der Waals surface area contributed by atoms with Crippen LogP contribution in [0.4, 0.5) is 0 Å². The van der Waals surface area contributed by atoms with Gasteiger partial charge in [-0.3, -0.25) is 9.36 Å². The maximum atomic E-state index is 12.4. The molecule has 130 valence electrons. The molecular weight excluding hydrogens is 356 g/mol. The molecule has 6 nitrogen and oxygen atoms in total. The summed E-state index contributed by atoms with van der Waals surface area (Å²) in [5.74, 6) is 1.08. The van der Waals surface area contributed by atoms with E-state index in [1.165, 1.54) is 11.8 Å². The fourth-order valence-corrected chi connectivity index (χ4v) is 3.90. The standard InChI is InChI=1S/C17H18N4O2S2/c1-20(10-13-6-5-9-24-13)16(22)11-25-17-19-18-12-21(17)14-7-3-4-8-15(14)23-2/h3-9,12H,10-11H2,1-2H3. The van der Waals surface area contributed by atoms with Crippen LogP contribution in [0, 0.1) is 0 Å². The van der Waals surface area contributed by atoms with Gasteiger partial charge >= 0.3 is 0 Å². The molecule has 2 aromatic heterocycles. The van der Waals surface area contributed by atoms with Gasteiger partial charge in [-0.25, -0.2) is 0 Å². The van der Waals surface area contributed by atoms with Crippen LogP contribution in [-0.2, 0) is 11.3 Å². The van der Waals surface area contributed by atoms with Crippen LogP contribution in [0.5, 0.6) is 5.75 Å². The van der Waals surface area contributed by atoms with Crippen LogP contribution in [0.1, 0.15) is 4.88 Å². The molecule has 3 rings (SSSR count). The molecule has 0 aliphatic rings. The molecule has 0 saturated heterocycles. The SMILES string of the molecule is COc1ccccc1-n1cnnc1SCC(=O)N(C)Cc1cccs1. The summed E-state index contributed by atoms with van der Waals surface area (Å²) in [6, 6.07) is 11.7. The van der Waals surface area contributed by atoms with Crippen LogP contribution >= 0.6 is 23.1 Å². The molecule has 0 fully saturated rings. The number of methoxy groups -OCH3 is 1. The summed E-state index contributed by atoms with van der Waals surface area (Å²) in [5.41, 5.74) is 0.844. The minimum absolute atomic E-state index is 0.0491. The van der Waals surface area contributed by atoms with Crippen molar-refractivity contribution in [2.45, 2.75) is 11.7 Å². The minimum Gasteiger partial charge on any atom is -0.495 e. The second-order valence-corrected chi connectivity index (χ2v) is 7.25. The van der Waals surface area contributed by atoms with Gasteiger partial charge in [-0.15, -0.1) is 21.5 Å². The van der Waals surface area contributed by atoms with Crippen LogP contribution in [0.25, 0.3) is 5.69 Å². The molecule has 25 heavy (non-hydrogen) atoms. The van der Waals surface area contributed by atoms with Gasteiger partial charge in [0.05, 0.1) is 25.1 Å². The van der Waals surface area contributed by atoms with Crippen molar-refractivity contribution in [3.63, 3.8) is 0 Å². The van der Waals surface area contributed by atoms with Crippen molar-refractivity contribution >= 4 is 29.0 Å². The summed E-state index contributed by atoms with van der Waals surface area (Å²) in [6.07, 6.45) is 1.63. The van der Waals surface area contributed by atoms with E-state index in [0.717, 1.165) is 16.3 Å². The van der Waals surface area contributed by atoms with Gasteiger partial charge in [-0.05, 0) is 23.6 Å². The number of aromatic nitrogens is 3. The average molecular weight is 374 g/mol. The third kappa shape index (κ3) is 4.21. The van der Waals surface area contributed by atoms with Crippen molar-refractivity contribution in [3.05, 3.63) is 53.0 Å². The predicted octanol–water partition coefficient (Wildman–Crippen LogP) is 3.09. The summed E-state index contributed by atoms with van der Waals surface area (Å²) < 4.78 is 7.22. The number of hydrogen-bond acceptors (Lipinski definition) is 6. The minimum atomic E-state index is 0.0491. The molecule has 8 heteroatoms. The number of carbonyl (C=O) groups is 1. The molecular formula is C17H18N4O2S2. The Morgan fingerprint density at radius 1 is 1.32 bits per heavy atom. The molecule has 0 radical (unpaired) electrons. The molecule has 0 atom stereocenters. The Bertz CT molecular complexity index is 833. The number of ether oxygens (including phenoxy) is 1. The molecule has 0 saturated carbocycles. The number of thiophene rings is 1. The van der Waals surface area contributed by atoms with E-state index in [0.29, 0.717) is 17.5 Å². The topological polar surface area (TPSA) is 60.2 Å². The number of hydrogen-bond donors (Lipinski definition) is 0. The van der Waals surface area contributed by atoms with Crippen LogP contribution in [0.15, 0.2) is 53.3 Å². The molecule has 0 aliphatic heterocycles. The highest BCUT2D eigenvalue weighted by Gasteiger charge is 2.15. The molecule has 0 bridgehead atoms. The van der Waals surface area contributed by atoms with E-state index in [4.69, 9.17) is 4.74 Å². The first-order valence-corrected chi connectivity index (χ1v) is 9.48. The van der Waals surface area contributed by atoms with Gasteiger partial charge < -0.3 is 9.64 Å². The lowest BCUT2D eigenvalue weighted by molar-refractivity contribution is -0.127. The van der Waals surface area contributed by atoms with Crippen molar-refractivity contribution in [2.75, 3.05) is 19.9 Å². The number of rotatable bonds is 7. The maximum Gasteiger partial charge on any atom is 0.233 e. The second kappa shape index (κ2) is 8.17. The monoisotopic (exact) mass is 374 g/mol. The summed E-state index contributed by atoms with van der Waals surface area (Å²) in [4.78, 5) is 15.3. The number of nitrogens with zero attached hydrogens (tertiary/aromatic N) is 4. The van der Waals surface area contributed by atoms with Crippen molar-refractivity contribution in [1.82, 2.24) is 19.7 Å². The van der Waals surface area contributed by atoms with E-state index in [2.05, 4.69) is 10.2 Å². The van der Waals surface area contributed by atoms with E-state index in [1.54, 1.807) is 29.7 Å². The quantitative estimate of drug-likeness (QED) is 0.595. The lowest BCUT2D eigenvalue weighted by Crippen LogP contribution is -2.27. The molecule has 1 aromatic carbocycles. The van der Waals surface area contributed by atoms with Crippen molar-refractivity contribution in [2.24, 2.45) is 0 Å². The normalized spacial score (nSPS) is 10.6. The molecule has 3 aromatic rings. The molecule has 0 aliphatic carbocycles. The summed E-state index contributed by atoms with van der Waals surface area (Å²) in [5, 5.41) is 10.8. The number of benzene rings is 1. The first-order chi connectivity index (χ1) is 12.2. The van der Waals surface area contributed by atoms with Gasteiger partial charge in [-0.1, -0.05) is 30.0 Å². The van der Waals surface area contributed by atoms with Gasteiger partial charge in [0, 0.05) is 11.9 Å². The first kappa shape index (κ1) is 17.5. The molecule has 0 spiro atoms. The number of para-hydroxylation sites is 2. The van der Waals surface area contributed by atoms with Gasteiger partial charge in [0.2, 0.25) is 5.91 Å². The van der Waals surface area contributed by atoms with E-state index in [-0.39, 0.29) is 5.91 Å². The Balaban J connectivity index is 1.66. The van der Waals surface area contributed by atoms with Crippen LogP contribution in [0.3, 0.4) is 0 Å². The Morgan fingerprint density at radius 3 is 2.92 bits per heavy atom. The maximum absolute atomic E-state index is 12.4. The highest BCUT2D eigenvalue weighted by molar-refractivity contribution is 7.99. The second-order valence-electron chi connectivity index (χ2n) is 5.27. The van der Waals surface area contributed by atoms with E-state index in [9.17, 15) is 4.79 Å². The number of amides is 1. The fourth-order valence-electron chi connectivity index (χ4n) is 2.28. The average Bonchev–Trinajstić information content (AvgIpc) is 3.31. The number of thioether (sulfide) groups is 1. The Labute approximate surface area is 154 Å². The first-order valence-electron chi connectivity index (χ1n) is 7.61. The van der Waals surface area contributed by atoms with Crippen LogP contribution in [-0.4, -0.2) is 45.5 Å². The molecule has 2 heterocycles. The lowest BCUT2D eigenvalue weighted by Gasteiger charge is -2.16. The summed E-state index contributed by atoms with van der Waals surface area (Å²) >= 11 is 3.01. The zero-order valence-corrected chi connectivity index (χ0v) is 15.6. The van der Waals surface area contributed by atoms with Crippen molar-refractivity contribution in [3.8, 4) is 11.4 Å². The third-order valence-electron chi connectivity index (χ3n) is 3.58. The van der Waals surface area contributed by atoms with Crippen LogP contribution < -0.4 is 4.74 Å². The predicted molar refractivity (Wildman–Crippen MR) is 99.4 cm³/mol. The molecule has 1 amide bonds. The highest BCUT2D eigenvalue weighted by Crippen LogP contribution is 2.26. The molecule has 0 N–H and O–H groups in total. The van der Waals surface area contributed by atoms with Gasteiger partial charge in [0.25, 0.3) is 0 Å². The number of carbonyl (C=O) groups excluding carboxylic acids is 1. The van der Waals surface area contributed by atoms with Gasteiger partial charge in [-0.2, -0.15) is 0 Å². The third-order valence-corrected chi connectivity index (χ3v) is 5.37. The zero-order valence-electron chi connectivity index (χ0n) is 14.0. The highest BCUT2D eigenvalue weighted by atomic mass is 32.2. The van der Waals surface area contributed by atoms with Gasteiger partial charge in [0.1, 0.15) is 12.1 Å². The van der Waals surface area contributed by atoms with E-state index >= 15 is 0 Å². The zero-order chi connectivity index (χ0) is 17.6. The van der Waals surface area contributed by atoms with E-state index in [1.807, 2.05) is 53.4 Å². The van der Waals surface area contributed by atoms with Crippen molar-refractivity contribution < 1.29 is 9.53 Å². The van der Waals surface area contributed by atoms with Gasteiger partial charge in [0.15, 0.2) is 5.16 Å². The Kier molecular flexibility index (Phi) is 5.72. The Hall–Kier alpha value is -2.32. The molecule has 0 unspecified atom stereocenters. The Morgan fingerprint density at radius 2 is 2.16 bits per heavy atom.